The second kappa shape index (κ2) is 5.58. The van der Waals surface area contributed by atoms with Crippen molar-refractivity contribution in [2.75, 3.05) is 5.32 Å². The van der Waals surface area contributed by atoms with E-state index in [0.717, 1.165) is 0 Å². The van der Waals surface area contributed by atoms with Crippen molar-refractivity contribution in [3.8, 4) is 0 Å². The lowest BCUT2D eigenvalue weighted by atomic mass is 10.2. The van der Waals surface area contributed by atoms with Crippen molar-refractivity contribution in [2.45, 2.75) is 18.7 Å². The van der Waals surface area contributed by atoms with Crippen LogP contribution in [0.25, 0.3) is 0 Å². The fourth-order valence-corrected chi connectivity index (χ4v) is 2.25. The minimum absolute atomic E-state index is 0.0182. The zero-order valence-corrected chi connectivity index (χ0v) is 12.3. The van der Waals surface area contributed by atoms with Gasteiger partial charge < -0.3 is 5.32 Å². The topological polar surface area (TPSA) is 115 Å². The molecule has 3 N–H and O–H groups in total. The third kappa shape index (κ3) is 3.61. The largest absolute Gasteiger partial charge is 0.322 e. The van der Waals surface area contributed by atoms with Crippen molar-refractivity contribution in [3.05, 3.63) is 47.5 Å². The van der Waals surface area contributed by atoms with Crippen molar-refractivity contribution in [1.29, 1.82) is 0 Å². The predicted molar refractivity (Wildman–Crippen MR) is 77.3 cm³/mol. The minimum atomic E-state index is -3.74. The molecule has 0 aliphatic rings. The van der Waals surface area contributed by atoms with Crippen molar-refractivity contribution < 1.29 is 13.2 Å². The summed E-state index contributed by atoms with van der Waals surface area (Å²) in [5.74, 6) is 0.220. The molecule has 0 unspecified atom stereocenters. The van der Waals surface area contributed by atoms with Crippen molar-refractivity contribution in [2.24, 2.45) is 5.14 Å². The van der Waals surface area contributed by atoms with Crippen LogP contribution in [0.15, 0.2) is 35.4 Å². The van der Waals surface area contributed by atoms with Gasteiger partial charge in [-0.3, -0.25) is 4.79 Å². The van der Waals surface area contributed by atoms with Crippen LogP contribution >= 0.6 is 0 Å². The molecular formula is C13H14N4O3S. The van der Waals surface area contributed by atoms with E-state index in [4.69, 9.17) is 5.14 Å². The van der Waals surface area contributed by atoms with Crippen molar-refractivity contribution >= 4 is 21.6 Å². The first-order valence-corrected chi connectivity index (χ1v) is 7.56. The molecule has 0 fully saturated rings. The summed E-state index contributed by atoms with van der Waals surface area (Å²) in [6, 6.07) is 5.57. The predicted octanol–water partition coefficient (Wildman–Crippen LogP) is 0.993. The Kier molecular flexibility index (Phi) is 4.01. The molecule has 0 saturated heterocycles. The van der Waals surface area contributed by atoms with E-state index < -0.39 is 10.0 Å². The van der Waals surface area contributed by atoms with Crippen LogP contribution in [0.4, 0.5) is 5.69 Å². The molecule has 1 amide bonds. The molecule has 0 aliphatic heterocycles. The molecule has 1 aromatic carbocycles. The summed E-state index contributed by atoms with van der Waals surface area (Å²) in [7, 11) is -3.74. The van der Waals surface area contributed by atoms with Crippen LogP contribution in [0.3, 0.4) is 0 Å². The van der Waals surface area contributed by atoms with E-state index in [1.54, 1.807) is 13.8 Å². The third-order valence-electron chi connectivity index (χ3n) is 2.79. The molecule has 0 radical (unpaired) electrons. The van der Waals surface area contributed by atoms with Gasteiger partial charge in [-0.2, -0.15) is 0 Å². The normalized spacial score (nSPS) is 11.2. The maximum absolute atomic E-state index is 12.1. The number of sulfonamides is 1. The zero-order valence-electron chi connectivity index (χ0n) is 11.5. The van der Waals surface area contributed by atoms with Crippen molar-refractivity contribution in [3.63, 3.8) is 0 Å². The Morgan fingerprint density at radius 3 is 2.33 bits per heavy atom. The van der Waals surface area contributed by atoms with E-state index in [9.17, 15) is 13.2 Å². The van der Waals surface area contributed by atoms with Gasteiger partial charge in [0.25, 0.3) is 5.91 Å². The summed E-state index contributed by atoms with van der Waals surface area (Å²) in [5.41, 5.74) is 1.38. The molecule has 0 aliphatic carbocycles. The van der Waals surface area contributed by atoms with Crippen LogP contribution in [-0.2, 0) is 10.0 Å². The third-order valence-corrected chi connectivity index (χ3v) is 3.71. The van der Waals surface area contributed by atoms with Crippen LogP contribution < -0.4 is 10.5 Å². The quantitative estimate of drug-likeness (QED) is 0.877. The van der Waals surface area contributed by atoms with Crippen LogP contribution in [0.2, 0.25) is 0 Å². The van der Waals surface area contributed by atoms with Crippen LogP contribution in [0.1, 0.15) is 21.9 Å². The van der Waals surface area contributed by atoms with E-state index in [2.05, 4.69) is 15.3 Å². The minimum Gasteiger partial charge on any atom is -0.322 e. The number of hydrogen-bond donors (Lipinski definition) is 2. The first kappa shape index (κ1) is 15.1. The Balaban J connectivity index is 2.20. The van der Waals surface area contributed by atoms with Gasteiger partial charge in [-0.05, 0) is 38.1 Å². The molecule has 110 valence electrons. The number of nitrogens with one attached hydrogen (secondary N) is 1. The Morgan fingerprint density at radius 1 is 1.19 bits per heavy atom. The van der Waals surface area contributed by atoms with Gasteiger partial charge in [0.2, 0.25) is 10.0 Å². The van der Waals surface area contributed by atoms with Gasteiger partial charge in [0.1, 0.15) is 5.82 Å². The number of aromatic nitrogens is 2. The molecule has 21 heavy (non-hydrogen) atoms. The average Bonchev–Trinajstić information content (AvgIpc) is 2.38. The highest BCUT2D eigenvalue weighted by Crippen LogP contribution is 2.14. The van der Waals surface area contributed by atoms with Crippen LogP contribution in [0.5, 0.6) is 0 Å². The SMILES string of the molecule is Cc1ncc(C(=O)Nc2ccc(S(N)(=O)=O)cc2)c(C)n1. The number of carbonyl (C=O) groups excluding carboxylic acids is 1. The highest BCUT2D eigenvalue weighted by atomic mass is 32.2. The molecule has 8 heteroatoms. The first-order chi connectivity index (χ1) is 9.77. The molecule has 2 rings (SSSR count). The highest BCUT2D eigenvalue weighted by molar-refractivity contribution is 7.89. The first-order valence-electron chi connectivity index (χ1n) is 6.02. The molecular weight excluding hydrogens is 292 g/mol. The standard InChI is InChI=1S/C13H14N4O3S/c1-8-12(7-15-9(2)16-8)13(18)17-10-3-5-11(6-4-10)21(14,19)20/h3-7H,1-2H3,(H,17,18)(H2,14,19,20). The smallest absolute Gasteiger partial charge is 0.259 e. The number of nitrogens with two attached hydrogens (primary N) is 1. The second-order valence-electron chi connectivity index (χ2n) is 4.44. The molecule has 7 nitrogen and oxygen atoms in total. The number of hydrogen-bond acceptors (Lipinski definition) is 5. The number of benzene rings is 1. The summed E-state index contributed by atoms with van der Waals surface area (Å²) >= 11 is 0. The summed E-state index contributed by atoms with van der Waals surface area (Å²) in [6.07, 6.45) is 1.45. The summed E-state index contributed by atoms with van der Waals surface area (Å²) in [4.78, 5) is 20.2. The fourth-order valence-electron chi connectivity index (χ4n) is 1.73. The molecule has 0 spiro atoms. The Hall–Kier alpha value is -2.32. The summed E-state index contributed by atoms with van der Waals surface area (Å²) < 4.78 is 22.3. The van der Waals surface area contributed by atoms with E-state index >= 15 is 0 Å². The van der Waals surface area contributed by atoms with Gasteiger partial charge >= 0.3 is 0 Å². The molecule has 2 aromatic rings. The van der Waals surface area contributed by atoms with Gasteiger partial charge in [-0.25, -0.2) is 23.5 Å². The number of aryl methyl sites for hydroxylation is 2. The molecule has 0 atom stereocenters. The Morgan fingerprint density at radius 2 is 1.81 bits per heavy atom. The van der Waals surface area contributed by atoms with Gasteiger partial charge in [-0.15, -0.1) is 0 Å². The van der Waals surface area contributed by atoms with Gasteiger partial charge in [0.05, 0.1) is 16.2 Å². The van der Waals surface area contributed by atoms with Gasteiger partial charge in [0.15, 0.2) is 0 Å². The van der Waals surface area contributed by atoms with E-state index in [1.807, 2.05) is 0 Å². The highest BCUT2D eigenvalue weighted by Gasteiger charge is 2.12. The maximum atomic E-state index is 12.1. The number of nitrogens with zero attached hydrogens (tertiary/aromatic N) is 2. The number of amides is 1. The van der Waals surface area contributed by atoms with Gasteiger partial charge in [0, 0.05) is 11.9 Å². The van der Waals surface area contributed by atoms with Crippen LogP contribution in [-0.4, -0.2) is 24.3 Å². The molecule has 1 heterocycles. The second-order valence-corrected chi connectivity index (χ2v) is 6.00. The Labute approximate surface area is 122 Å². The summed E-state index contributed by atoms with van der Waals surface area (Å²) in [5, 5.41) is 7.64. The number of anilines is 1. The molecule has 1 aromatic heterocycles. The lowest BCUT2D eigenvalue weighted by Crippen LogP contribution is -2.15. The van der Waals surface area contributed by atoms with E-state index in [-0.39, 0.29) is 10.8 Å². The maximum Gasteiger partial charge on any atom is 0.259 e. The number of rotatable bonds is 3. The number of carbonyl (C=O) groups is 1. The fraction of sp³-hybridized carbons (Fsp3) is 0.154. The Bertz CT molecular complexity index is 786. The lowest BCUT2D eigenvalue weighted by molar-refractivity contribution is 0.102. The van der Waals surface area contributed by atoms with Crippen molar-refractivity contribution in [1.82, 2.24) is 9.97 Å². The summed E-state index contributed by atoms with van der Waals surface area (Å²) in [6.45, 7) is 3.45. The lowest BCUT2D eigenvalue weighted by Gasteiger charge is -2.07. The van der Waals surface area contributed by atoms with Crippen LogP contribution in [0, 0.1) is 13.8 Å². The monoisotopic (exact) mass is 306 g/mol. The van der Waals surface area contributed by atoms with E-state index in [0.29, 0.717) is 22.8 Å². The molecule has 0 saturated carbocycles. The average molecular weight is 306 g/mol. The van der Waals surface area contributed by atoms with E-state index in [1.165, 1.54) is 30.5 Å². The number of primary sulfonamides is 1. The molecule has 0 bridgehead atoms. The van der Waals surface area contributed by atoms with Gasteiger partial charge in [-0.1, -0.05) is 0 Å². The zero-order chi connectivity index (χ0) is 15.6.